The smallest absolute Gasteiger partial charge is 0.137 e. The van der Waals surface area contributed by atoms with Crippen LogP contribution in [-0.4, -0.2) is 16.0 Å². The molecule has 0 radical (unpaired) electrons. The number of halogens is 1. The quantitative estimate of drug-likeness (QED) is 0.645. The average molecular weight is 252 g/mol. The summed E-state index contributed by atoms with van der Waals surface area (Å²) in [6.45, 7) is 6.00. The van der Waals surface area contributed by atoms with Gasteiger partial charge in [0, 0.05) is 24.4 Å². The first-order chi connectivity index (χ1) is 8.12. The summed E-state index contributed by atoms with van der Waals surface area (Å²) in [5.41, 5.74) is 0.874. The Bertz CT molecular complexity index is 423. The van der Waals surface area contributed by atoms with Gasteiger partial charge in [0.25, 0.3) is 0 Å². The number of nitrogens with one attached hydrogen (secondary N) is 1. The summed E-state index contributed by atoms with van der Waals surface area (Å²) in [6, 6.07) is 0.231. The maximum absolute atomic E-state index is 6.07. The third kappa shape index (κ3) is 3.61. The maximum Gasteiger partial charge on any atom is 0.137 e. The summed E-state index contributed by atoms with van der Waals surface area (Å²) in [4.78, 5) is 8.65. The van der Waals surface area contributed by atoms with Crippen LogP contribution in [0, 0.1) is 19.3 Å². The van der Waals surface area contributed by atoms with E-state index in [1.54, 1.807) is 0 Å². The van der Waals surface area contributed by atoms with E-state index >= 15 is 0 Å². The molecule has 1 atom stereocenters. The van der Waals surface area contributed by atoms with Gasteiger partial charge in [-0.05, 0) is 13.3 Å². The molecule has 17 heavy (non-hydrogen) atoms. The third-order valence-corrected chi connectivity index (χ3v) is 3.01. The number of hydrogen-bond donors (Lipinski definition) is 1. The first-order valence-corrected chi connectivity index (χ1v) is 6.23. The van der Waals surface area contributed by atoms with Crippen molar-refractivity contribution in [2.75, 3.05) is 5.32 Å². The predicted molar refractivity (Wildman–Crippen MR) is 72.3 cm³/mol. The Labute approximate surface area is 108 Å². The Morgan fingerprint density at radius 2 is 2.12 bits per heavy atom. The predicted octanol–water partition coefficient (Wildman–Crippen LogP) is 3.21. The molecule has 92 valence electrons. The van der Waals surface area contributed by atoms with Gasteiger partial charge >= 0.3 is 0 Å². The van der Waals surface area contributed by atoms with Crippen LogP contribution in [0.1, 0.15) is 38.1 Å². The molecule has 0 amide bonds. The highest BCUT2D eigenvalue weighted by Gasteiger charge is 2.12. The van der Waals surface area contributed by atoms with E-state index < -0.39 is 0 Å². The summed E-state index contributed by atoms with van der Waals surface area (Å²) in [6.07, 6.45) is 7.73. The molecule has 1 heterocycles. The van der Waals surface area contributed by atoms with E-state index in [1.165, 1.54) is 0 Å². The van der Waals surface area contributed by atoms with E-state index in [4.69, 9.17) is 18.0 Å². The van der Waals surface area contributed by atoms with Crippen LogP contribution in [-0.2, 0) is 6.42 Å². The molecular weight excluding hydrogens is 234 g/mol. The molecule has 0 saturated heterocycles. The second-order valence-corrected chi connectivity index (χ2v) is 4.27. The highest BCUT2D eigenvalue weighted by Crippen LogP contribution is 2.21. The Balaban J connectivity index is 2.96. The van der Waals surface area contributed by atoms with Crippen LogP contribution in [0.3, 0.4) is 0 Å². The maximum atomic E-state index is 6.07. The Kier molecular flexibility index (Phi) is 5.24. The highest BCUT2D eigenvalue weighted by molar-refractivity contribution is 6.30. The van der Waals surface area contributed by atoms with E-state index in [0.717, 1.165) is 30.0 Å². The number of hydrogen-bond acceptors (Lipinski definition) is 3. The van der Waals surface area contributed by atoms with Gasteiger partial charge in [-0.3, -0.25) is 0 Å². The molecule has 0 aromatic carbocycles. The molecular formula is C13H18ClN3. The van der Waals surface area contributed by atoms with Crippen molar-refractivity contribution in [1.29, 1.82) is 0 Å². The monoisotopic (exact) mass is 251 g/mol. The van der Waals surface area contributed by atoms with Gasteiger partial charge in [0.05, 0.1) is 0 Å². The molecule has 0 fully saturated rings. The lowest BCUT2D eigenvalue weighted by Crippen LogP contribution is -2.20. The lowest BCUT2D eigenvalue weighted by molar-refractivity contribution is 0.708. The summed E-state index contributed by atoms with van der Waals surface area (Å²) in [5, 5.41) is 3.84. The standard InChI is InChI=1S/C13H18ClN3/c1-5-8-10(6-2)15-13-9(4)12(14)16-11(7-3)17-13/h1,10H,6-8H2,2-4H3,(H,15,16,17). The number of nitrogens with zero attached hydrogens (tertiary/aromatic N) is 2. The van der Waals surface area contributed by atoms with Gasteiger partial charge in [0.1, 0.15) is 16.8 Å². The van der Waals surface area contributed by atoms with Crippen molar-refractivity contribution in [3.8, 4) is 12.3 Å². The molecule has 1 aromatic rings. The van der Waals surface area contributed by atoms with E-state index in [2.05, 4.69) is 28.1 Å². The minimum absolute atomic E-state index is 0.231. The van der Waals surface area contributed by atoms with Crippen molar-refractivity contribution < 1.29 is 0 Å². The summed E-state index contributed by atoms with van der Waals surface area (Å²) < 4.78 is 0. The number of aryl methyl sites for hydroxylation is 1. The Morgan fingerprint density at radius 3 is 2.65 bits per heavy atom. The molecule has 1 aromatic heterocycles. The van der Waals surface area contributed by atoms with Crippen molar-refractivity contribution >= 4 is 17.4 Å². The molecule has 4 heteroatoms. The minimum atomic E-state index is 0.231. The first-order valence-electron chi connectivity index (χ1n) is 5.85. The summed E-state index contributed by atoms with van der Waals surface area (Å²) in [7, 11) is 0. The molecule has 0 aliphatic carbocycles. The third-order valence-electron chi connectivity index (χ3n) is 2.65. The average Bonchev–Trinajstić information content (AvgIpc) is 2.33. The molecule has 3 nitrogen and oxygen atoms in total. The van der Waals surface area contributed by atoms with Gasteiger partial charge in [0.15, 0.2) is 0 Å². The Morgan fingerprint density at radius 1 is 1.41 bits per heavy atom. The summed E-state index contributed by atoms with van der Waals surface area (Å²) in [5.74, 6) is 4.21. The van der Waals surface area contributed by atoms with Crippen LogP contribution < -0.4 is 5.32 Å². The first kappa shape index (κ1) is 13.8. The fourth-order valence-corrected chi connectivity index (χ4v) is 1.65. The van der Waals surface area contributed by atoms with Crippen LogP contribution in [0.25, 0.3) is 0 Å². The van der Waals surface area contributed by atoms with Gasteiger partial charge in [-0.15, -0.1) is 12.3 Å². The van der Waals surface area contributed by atoms with Crippen molar-refractivity contribution in [2.45, 2.75) is 46.1 Å². The van der Waals surface area contributed by atoms with Crippen LogP contribution >= 0.6 is 11.6 Å². The van der Waals surface area contributed by atoms with E-state index in [9.17, 15) is 0 Å². The lowest BCUT2D eigenvalue weighted by atomic mass is 10.1. The van der Waals surface area contributed by atoms with Gasteiger partial charge < -0.3 is 5.32 Å². The molecule has 0 saturated carbocycles. The van der Waals surface area contributed by atoms with Crippen molar-refractivity contribution in [2.24, 2.45) is 0 Å². The van der Waals surface area contributed by atoms with Gasteiger partial charge in [-0.1, -0.05) is 25.4 Å². The molecule has 1 N–H and O–H groups in total. The Hall–Kier alpha value is -1.27. The molecule has 1 unspecified atom stereocenters. The number of terminal acetylenes is 1. The minimum Gasteiger partial charge on any atom is -0.366 e. The number of aromatic nitrogens is 2. The lowest BCUT2D eigenvalue weighted by Gasteiger charge is -2.17. The fourth-order valence-electron chi connectivity index (χ4n) is 1.46. The topological polar surface area (TPSA) is 37.8 Å². The zero-order chi connectivity index (χ0) is 12.8. The van der Waals surface area contributed by atoms with Crippen LogP contribution in [0.15, 0.2) is 0 Å². The zero-order valence-corrected chi connectivity index (χ0v) is 11.3. The van der Waals surface area contributed by atoms with E-state index in [-0.39, 0.29) is 6.04 Å². The van der Waals surface area contributed by atoms with Gasteiger partial charge in [-0.2, -0.15) is 0 Å². The van der Waals surface area contributed by atoms with E-state index in [1.807, 2.05) is 13.8 Å². The molecule has 0 bridgehead atoms. The van der Waals surface area contributed by atoms with Crippen LogP contribution in [0.4, 0.5) is 5.82 Å². The molecule has 0 aliphatic rings. The van der Waals surface area contributed by atoms with E-state index in [0.29, 0.717) is 11.6 Å². The molecule has 0 spiro atoms. The second kappa shape index (κ2) is 6.46. The second-order valence-electron chi connectivity index (χ2n) is 3.92. The van der Waals surface area contributed by atoms with Crippen molar-refractivity contribution in [1.82, 2.24) is 9.97 Å². The number of rotatable bonds is 5. The number of anilines is 1. The molecule has 0 aliphatic heterocycles. The zero-order valence-electron chi connectivity index (χ0n) is 10.5. The molecule has 1 rings (SSSR count). The van der Waals surface area contributed by atoms with Crippen molar-refractivity contribution in [3.63, 3.8) is 0 Å². The van der Waals surface area contributed by atoms with Crippen molar-refractivity contribution in [3.05, 3.63) is 16.5 Å². The van der Waals surface area contributed by atoms with Gasteiger partial charge in [-0.25, -0.2) is 9.97 Å². The largest absolute Gasteiger partial charge is 0.366 e. The normalized spacial score (nSPS) is 11.9. The highest BCUT2D eigenvalue weighted by atomic mass is 35.5. The fraction of sp³-hybridized carbons (Fsp3) is 0.538. The van der Waals surface area contributed by atoms with Crippen LogP contribution in [0.5, 0.6) is 0 Å². The summed E-state index contributed by atoms with van der Waals surface area (Å²) >= 11 is 6.07. The van der Waals surface area contributed by atoms with Gasteiger partial charge in [0.2, 0.25) is 0 Å². The van der Waals surface area contributed by atoms with Crippen LogP contribution in [0.2, 0.25) is 5.15 Å². The SMILES string of the molecule is C#CCC(CC)Nc1nc(CC)nc(Cl)c1C.